The summed E-state index contributed by atoms with van der Waals surface area (Å²) in [5, 5.41) is 11.2. The van der Waals surface area contributed by atoms with Crippen LogP contribution in [0.15, 0.2) is 84.4 Å². The third kappa shape index (κ3) is 5.69. The molecule has 1 fully saturated rings. The Morgan fingerprint density at radius 3 is 2.27 bits per heavy atom. The highest BCUT2D eigenvalue weighted by atomic mass is 19.4. The maximum absolute atomic E-state index is 13.2. The maximum Gasteiger partial charge on any atom is 0.416 e. The summed E-state index contributed by atoms with van der Waals surface area (Å²) >= 11 is 0. The lowest BCUT2D eigenvalue weighted by atomic mass is 9.95. The number of nitrogens with zero attached hydrogens (tertiary/aromatic N) is 1. The van der Waals surface area contributed by atoms with Crippen LogP contribution >= 0.6 is 0 Å². The van der Waals surface area contributed by atoms with Gasteiger partial charge in [-0.15, -0.1) is 0 Å². The van der Waals surface area contributed by atoms with Gasteiger partial charge in [0.1, 0.15) is 11.5 Å². The molecule has 192 valence electrons. The quantitative estimate of drug-likeness (QED) is 0.229. The summed E-state index contributed by atoms with van der Waals surface area (Å²) < 4.78 is 45.4. The Bertz CT molecular complexity index is 1310. The zero-order chi connectivity index (χ0) is 26.7. The Morgan fingerprint density at radius 2 is 1.65 bits per heavy atom. The van der Waals surface area contributed by atoms with Gasteiger partial charge in [0.2, 0.25) is 0 Å². The van der Waals surface area contributed by atoms with Crippen LogP contribution in [-0.2, 0) is 22.3 Å². The standard InChI is InChI=1S/C29H26F3NO4/c1-18(2)17-37-23-13-11-21(12-14-23)26(34)24-25(20-8-4-3-5-9-20)33(28(36)27(24)35)16-19-7-6-10-22(15-19)29(30,31)32/h3-15,18,25,34H,16-17H2,1-2H3/b26-24+. The molecule has 0 spiro atoms. The first kappa shape index (κ1) is 26.0. The van der Waals surface area contributed by atoms with Crippen LogP contribution in [0.5, 0.6) is 5.75 Å². The summed E-state index contributed by atoms with van der Waals surface area (Å²) in [5.41, 5.74) is 0.1000. The smallest absolute Gasteiger partial charge is 0.416 e. The van der Waals surface area contributed by atoms with E-state index >= 15 is 0 Å². The molecule has 1 saturated heterocycles. The summed E-state index contributed by atoms with van der Waals surface area (Å²) in [6, 6.07) is 18.8. The van der Waals surface area contributed by atoms with E-state index in [0.717, 1.165) is 12.1 Å². The van der Waals surface area contributed by atoms with E-state index in [1.807, 2.05) is 13.8 Å². The van der Waals surface area contributed by atoms with Gasteiger partial charge in [0, 0.05) is 12.1 Å². The van der Waals surface area contributed by atoms with Gasteiger partial charge in [-0.2, -0.15) is 13.2 Å². The number of halogens is 3. The van der Waals surface area contributed by atoms with Crippen molar-refractivity contribution in [1.29, 1.82) is 0 Å². The zero-order valence-electron chi connectivity index (χ0n) is 20.3. The fourth-order valence-electron chi connectivity index (χ4n) is 4.20. The molecule has 1 unspecified atom stereocenters. The Hall–Kier alpha value is -4.07. The molecule has 1 amide bonds. The van der Waals surface area contributed by atoms with Crippen molar-refractivity contribution in [2.45, 2.75) is 32.6 Å². The average Bonchev–Trinajstić information content (AvgIpc) is 3.12. The minimum atomic E-state index is -4.55. The number of alkyl halides is 3. The van der Waals surface area contributed by atoms with Crippen molar-refractivity contribution < 1.29 is 32.6 Å². The maximum atomic E-state index is 13.2. The van der Waals surface area contributed by atoms with Crippen molar-refractivity contribution in [3.8, 4) is 5.75 Å². The minimum absolute atomic E-state index is 0.126. The SMILES string of the molecule is CC(C)COc1ccc(/C(O)=C2\C(=O)C(=O)N(Cc3cccc(C(F)(F)F)c3)C2c2ccccc2)cc1. The fourth-order valence-corrected chi connectivity index (χ4v) is 4.20. The molecule has 0 radical (unpaired) electrons. The predicted molar refractivity (Wildman–Crippen MR) is 133 cm³/mol. The molecule has 3 aromatic rings. The van der Waals surface area contributed by atoms with E-state index in [4.69, 9.17) is 4.74 Å². The van der Waals surface area contributed by atoms with Crippen LogP contribution < -0.4 is 4.74 Å². The monoisotopic (exact) mass is 509 g/mol. The number of amides is 1. The van der Waals surface area contributed by atoms with Gasteiger partial charge < -0.3 is 14.7 Å². The molecular formula is C29H26F3NO4. The van der Waals surface area contributed by atoms with Crippen LogP contribution in [0, 0.1) is 5.92 Å². The van der Waals surface area contributed by atoms with E-state index in [-0.39, 0.29) is 23.4 Å². The van der Waals surface area contributed by atoms with E-state index in [1.54, 1.807) is 54.6 Å². The molecule has 0 aromatic heterocycles. The molecule has 1 N–H and O–H groups in total. The molecule has 4 rings (SSSR count). The molecule has 3 aromatic carbocycles. The Balaban J connectivity index is 1.74. The number of ether oxygens (including phenoxy) is 1. The van der Waals surface area contributed by atoms with Gasteiger partial charge in [-0.05, 0) is 53.4 Å². The average molecular weight is 510 g/mol. The highest BCUT2D eigenvalue weighted by Gasteiger charge is 2.46. The van der Waals surface area contributed by atoms with Gasteiger partial charge in [-0.25, -0.2) is 0 Å². The Morgan fingerprint density at radius 1 is 0.973 bits per heavy atom. The van der Waals surface area contributed by atoms with Crippen LogP contribution in [0.1, 0.15) is 42.1 Å². The highest BCUT2D eigenvalue weighted by molar-refractivity contribution is 6.46. The normalized spacial score (nSPS) is 17.5. The summed E-state index contributed by atoms with van der Waals surface area (Å²) in [4.78, 5) is 27.5. The first-order chi connectivity index (χ1) is 17.6. The highest BCUT2D eigenvalue weighted by Crippen LogP contribution is 2.40. The second kappa shape index (κ2) is 10.5. The van der Waals surface area contributed by atoms with E-state index in [0.29, 0.717) is 29.4 Å². The number of aliphatic hydroxyl groups excluding tert-OH is 1. The third-order valence-electron chi connectivity index (χ3n) is 5.97. The van der Waals surface area contributed by atoms with E-state index in [9.17, 15) is 27.9 Å². The first-order valence-corrected chi connectivity index (χ1v) is 11.8. The second-order valence-corrected chi connectivity index (χ2v) is 9.27. The lowest BCUT2D eigenvalue weighted by Gasteiger charge is -2.25. The van der Waals surface area contributed by atoms with Crippen LogP contribution in [0.25, 0.3) is 5.76 Å². The third-order valence-corrected chi connectivity index (χ3v) is 5.97. The number of carbonyl (C=O) groups is 2. The zero-order valence-corrected chi connectivity index (χ0v) is 20.3. The largest absolute Gasteiger partial charge is 0.507 e. The molecule has 0 aliphatic carbocycles. The molecule has 5 nitrogen and oxygen atoms in total. The number of Topliss-reactive ketones (excluding diaryl/α,β-unsaturated/α-hetero) is 1. The summed E-state index contributed by atoms with van der Waals surface area (Å²) in [5.74, 6) is -1.25. The molecule has 1 atom stereocenters. The van der Waals surface area contributed by atoms with Gasteiger partial charge in [-0.1, -0.05) is 56.3 Å². The fraction of sp³-hybridized carbons (Fsp3) is 0.241. The Kier molecular flexibility index (Phi) is 7.38. The van der Waals surface area contributed by atoms with Crippen molar-refractivity contribution >= 4 is 17.4 Å². The van der Waals surface area contributed by atoms with Gasteiger partial charge in [0.25, 0.3) is 11.7 Å². The number of likely N-dealkylation sites (tertiary alicyclic amines) is 1. The van der Waals surface area contributed by atoms with Crippen molar-refractivity contribution in [2.24, 2.45) is 5.92 Å². The molecule has 0 saturated carbocycles. The molecule has 8 heteroatoms. The topological polar surface area (TPSA) is 66.8 Å². The predicted octanol–water partition coefficient (Wildman–Crippen LogP) is 6.36. The first-order valence-electron chi connectivity index (χ1n) is 11.8. The summed E-state index contributed by atoms with van der Waals surface area (Å²) in [6.45, 7) is 4.30. The van der Waals surface area contributed by atoms with Crippen molar-refractivity contribution in [3.63, 3.8) is 0 Å². The van der Waals surface area contributed by atoms with Gasteiger partial charge in [0.15, 0.2) is 0 Å². The molecule has 1 aliphatic rings. The lowest BCUT2D eigenvalue weighted by molar-refractivity contribution is -0.140. The van der Waals surface area contributed by atoms with Crippen LogP contribution in [0.2, 0.25) is 0 Å². The summed E-state index contributed by atoms with van der Waals surface area (Å²) in [6.07, 6.45) is -4.55. The second-order valence-electron chi connectivity index (χ2n) is 9.27. The number of benzene rings is 3. The Labute approximate surface area is 212 Å². The van der Waals surface area contributed by atoms with Crippen molar-refractivity contribution in [1.82, 2.24) is 4.90 Å². The van der Waals surface area contributed by atoms with Crippen LogP contribution in [0.3, 0.4) is 0 Å². The van der Waals surface area contributed by atoms with Crippen LogP contribution in [-0.4, -0.2) is 28.3 Å². The molecular weight excluding hydrogens is 483 g/mol. The van der Waals surface area contributed by atoms with Gasteiger partial charge in [0.05, 0.1) is 23.8 Å². The lowest BCUT2D eigenvalue weighted by Crippen LogP contribution is -2.29. The summed E-state index contributed by atoms with van der Waals surface area (Å²) in [7, 11) is 0. The van der Waals surface area contributed by atoms with E-state index in [1.165, 1.54) is 17.0 Å². The number of aliphatic hydroxyl groups is 1. The van der Waals surface area contributed by atoms with Crippen molar-refractivity contribution in [2.75, 3.05) is 6.61 Å². The molecule has 1 aliphatic heterocycles. The number of hydrogen-bond acceptors (Lipinski definition) is 4. The number of hydrogen-bond donors (Lipinski definition) is 1. The van der Waals surface area contributed by atoms with Gasteiger partial charge >= 0.3 is 6.18 Å². The molecule has 1 heterocycles. The number of ketones is 1. The van der Waals surface area contributed by atoms with Crippen molar-refractivity contribution in [3.05, 3.63) is 107 Å². The number of carbonyl (C=O) groups excluding carboxylic acids is 2. The van der Waals surface area contributed by atoms with E-state index in [2.05, 4.69) is 0 Å². The van der Waals surface area contributed by atoms with E-state index < -0.39 is 29.5 Å². The van der Waals surface area contributed by atoms with Crippen LogP contribution in [0.4, 0.5) is 13.2 Å². The van der Waals surface area contributed by atoms with Gasteiger partial charge in [-0.3, -0.25) is 9.59 Å². The molecule has 0 bridgehead atoms. The minimum Gasteiger partial charge on any atom is -0.507 e. The number of rotatable bonds is 7. The molecule has 37 heavy (non-hydrogen) atoms.